The van der Waals surface area contributed by atoms with Gasteiger partial charge in [0.2, 0.25) is 0 Å². The third kappa shape index (κ3) is 2.50. The van der Waals surface area contributed by atoms with Crippen molar-refractivity contribution in [2.24, 2.45) is 5.10 Å². The van der Waals surface area contributed by atoms with Crippen LogP contribution in [0.5, 0.6) is 5.75 Å². The van der Waals surface area contributed by atoms with E-state index in [1.807, 2.05) is 38.1 Å². The standard InChI is InChI=1S/C12H14N4O/c1-9-14-15-10(2)16(9)13-8-11-5-4-6-12(7-11)17-3/h4-8H,1-3H3. The minimum atomic E-state index is 0.765. The summed E-state index contributed by atoms with van der Waals surface area (Å²) in [6, 6.07) is 7.69. The van der Waals surface area contributed by atoms with Gasteiger partial charge < -0.3 is 4.74 Å². The van der Waals surface area contributed by atoms with Gasteiger partial charge in [-0.3, -0.25) is 0 Å². The molecule has 1 heterocycles. The van der Waals surface area contributed by atoms with Crippen molar-refractivity contribution in [1.82, 2.24) is 14.9 Å². The Balaban J connectivity index is 2.26. The highest BCUT2D eigenvalue weighted by Crippen LogP contribution is 2.11. The minimum Gasteiger partial charge on any atom is -0.497 e. The van der Waals surface area contributed by atoms with E-state index in [0.29, 0.717) is 0 Å². The third-order valence-corrected chi connectivity index (χ3v) is 2.37. The molecule has 0 aliphatic rings. The Morgan fingerprint density at radius 1 is 1.24 bits per heavy atom. The fourth-order valence-electron chi connectivity index (χ4n) is 1.48. The number of aryl methyl sites for hydroxylation is 2. The summed E-state index contributed by atoms with van der Waals surface area (Å²) < 4.78 is 6.84. The molecule has 0 N–H and O–H groups in total. The summed E-state index contributed by atoms with van der Waals surface area (Å²) >= 11 is 0. The summed E-state index contributed by atoms with van der Waals surface area (Å²) in [6.07, 6.45) is 1.76. The predicted octanol–water partition coefficient (Wildman–Crippen LogP) is 1.79. The van der Waals surface area contributed by atoms with Gasteiger partial charge in [-0.1, -0.05) is 12.1 Å². The Morgan fingerprint density at radius 2 is 1.94 bits per heavy atom. The van der Waals surface area contributed by atoms with Gasteiger partial charge in [0.25, 0.3) is 0 Å². The number of ether oxygens (including phenoxy) is 1. The molecule has 0 aliphatic heterocycles. The smallest absolute Gasteiger partial charge is 0.151 e. The number of benzene rings is 1. The van der Waals surface area contributed by atoms with Gasteiger partial charge in [0.1, 0.15) is 5.75 Å². The van der Waals surface area contributed by atoms with Gasteiger partial charge in [-0.15, -0.1) is 10.2 Å². The summed E-state index contributed by atoms with van der Waals surface area (Å²) in [5, 5.41) is 12.2. The molecular formula is C12H14N4O. The van der Waals surface area contributed by atoms with Gasteiger partial charge in [0.15, 0.2) is 11.6 Å². The monoisotopic (exact) mass is 230 g/mol. The van der Waals surface area contributed by atoms with E-state index in [-0.39, 0.29) is 0 Å². The number of aromatic nitrogens is 3. The van der Waals surface area contributed by atoms with E-state index in [9.17, 15) is 0 Å². The zero-order chi connectivity index (χ0) is 12.3. The maximum atomic E-state index is 5.15. The number of rotatable bonds is 3. The SMILES string of the molecule is COc1cccc(C=Nn2c(C)nnc2C)c1. The molecule has 17 heavy (non-hydrogen) atoms. The van der Waals surface area contributed by atoms with Crippen LogP contribution in [0.2, 0.25) is 0 Å². The number of methoxy groups -OCH3 is 1. The molecule has 0 radical (unpaired) electrons. The van der Waals surface area contributed by atoms with Crippen LogP contribution < -0.4 is 4.74 Å². The van der Waals surface area contributed by atoms with Crippen LogP contribution in [-0.2, 0) is 0 Å². The molecule has 0 amide bonds. The minimum absolute atomic E-state index is 0.765. The largest absolute Gasteiger partial charge is 0.497 e. The molecule has 0 saturated heterocycles. The Kier molecular flexibility index (Phi) is 3.18. The molecule has 0 saturated carbocycles. The normalized spacial score (nSPS) is 11.0. The van der Waals surface area contributed by atoms with Crippen molar-refractivity contribution in [3.63, 3.8) is 0 Å². The summed E-state index contributed by atoms with van der Waals surface area (Å²) in [7, 11) is 1.64. The molecule has 0 spiro atoms. The first-order chi connectivity index (χ1) is 8.20. The zero-order valence-corrected chi connectivity index (χ0v) is 10.1. The van der Waals surface area contributed by atoms with Gasteiger partial charge in [-0.05, 0) is 31.5 Å². The van der Waals surface area contributed by atoms with Crippen molar-refractivity contribution in [2.75, 3.05) is 7.11 Å². The second-order valence-electron chi connectivity index (χ2n) is 3.63. The summed E-state index contributed by atoms with van der Waals surface area (Å²) in [5.74, 6) is 2.34. The fraction of sp³-hybridized carbons (Fsp3) is 0.250. The van der Waals surface area contributed by atoms with E-state index in [1.165, 1.54) is 0 Å². The van der Waals surface area contributed by atoms with Gasteiger partial charge in [0, 0.05) is 0 Å². The third-order valence-electron chi connectivity index (χ3n) is 2.37. The molecule has 5 heteroatoms. The van der Waals surface area contributed by atoms with E-state index >= 15 is 0 Å². The highest BCUT2D eigenvalue weighted by Gasteiger charge is 2.01. The molecule has 0 fully saturated rings. The molecule has 2 aromatic rings. The molecule has 1 aromatic heterocycles. The van der Waals surface area contributed by atoms with E-state index < -0.39 is 0 Å². The maximum absolute atomic E-state index is 5.15. The van der Waals surface area contributed by atoms with Gasteiger partial charge in [-0.2, -0.15) is 5.10 Å². The lowest BCUT2D eigenvalue weighted by Crippen LogP contribution is -1.96. The summed E-state index contributed by atoms with van der Waals surface area (Å²) in [4.78, 5) is 0. The van der Waals surface area contributed by atoms with Crippen LogP contribution in [0.25, 0.3) is 0 Å². The molecule has 0 bridgehead atoms. The second kappa shape index (κ2) is 4.78. The molecule has 88 valence electrons. The molecule has 5 nitrogen and oxygen atoms in total. The summed E-state index contributed by atoms with van der Waals surface area (Å²) in [5.41, 5.74) is 0.969. The molecule has 1 aromatic carbocycles. The molecule has 0 aliphatic carbocycles. The quantitative estimate of drug-likeness (QED) is 0.755. The van der Waals surface area contributed by atoms with Gasteiger partial charge in [0.05, 0.1) is 13.3 Å². The Morgan fingerprint density at radius 3 is 2.59 bits per heavy atom. The average Bonchev–Trinajstić information content (AvgIpc) is 2.67. The second-order valence-corrected chi connectivity index (χ2v) is 3.63. The van der Waals surface area contributed by atoms with E-state index in [4.69, 9.17) is 4.74 Å². The van der Waals surface area contributed by atoms with Crippen LogP contribution >= 0.6 is 0 Å². The number of hydrogen-bond acceptors (Lipinski definition) is 4. The lowest BCUT2D eigenvalue weighted by molar-refractivity contribution is 0.415. The first-order valence-electron chi connectivity index (χ1n) is 5.28. The molecule has 0 unspecified atom stereocenters. The average molecular weight is 230 g/mol. The Bertz CT molecular complexity index is 526. The van der Waals surface area contributed by atoms with E-state index in [2.05, 4.69) is 15.3 Å². The van der Waals surface area contributed by atoms with Gasteiger partial charge in [-0.25, -0.2) is 4.68 Å². The molecule has 2 rings (SSSR count). The van der Waals surface area contributed by atoms with Crippen molar-refractivity contribution in [2.45, 2.75) is 13.8 Å². The first-order valence-corrected chi connectivity index (χ1v) is 5.28. The van der Waals surface area contributed by atoms with Crippen molar-refractivity contribution in [3.05, 3.63) is 41.5 Å². The van der Waals surface area contributed by atoms with Crippen molar-refractivity contribution in [1.29, 1.82) is 0 Å². The first kappa shape index (κ1) is 11.3. The van der Waals surface area contributed by atoms with Crippen LogP contribution in [0.15, 0.2) is 29.4 Å². The highest BCUT2D eigenvalue weighted by atomic mass is 16.5. The highest BCUT2D eigenvalue weighted by molar-refractivity contribution is 5.80. The fourth-order valence-corrected chi connectivity index (χ4v) is 1.48. The molecular weight excluding hydrogens is 216 g/mol. The van der Waals surface area contributed by atoms with Crippen LogP contribution in [0, 0.1) is 13.8 Å². The number of hydrogen-bond donors (Lipinski definition) is 0. The van der Waals surface area contributed by atoms with Crippen molar-refractivity contribution in [3.8, 4) is 5.75 Å². The van der Waals surface area contributed by atoms with E-state index in [1.54, 1.807) is 18.0 Å². The summed E-state index contributed by atoms with van der Waals surface area (Å²) in [6.45, 7) is 3.73. The Hall–Kier alpha value is -2.17. The van der Waals surface area contributed by atoms with Crippen molar-refractivity contribution >= 4 is 6.21 Å². The topological polar surface area (TPSA) is 52.3 Å². The van der Waals surface area contributed by atoms with Crippen LogP contribution in [0.4, 0.5) is 0 Å². The number of nitrogens with zero attached hydrogens (tertiary/aromatic N) is 4. The Labute approximate surface area is 99.8 Å². The van der Waals surface area contributed by atoms with Crippen LogP contribution in [0.3, 0.4) is 0 Å². The van der Waals surface area contributed by atoms with Crippen LogP contribution in [0.1, 0.15) is 17.2 Å². The lowest BCUT2D eigenvalue weighted by Gasteiger charge is -2.00. The van der Waals surface area contributed by atoms with Crippen LogP contribution in [-0.4, -0.2) is 28.2 Å². The van der Waals surface area contributed by atoms with E-state index in [0.717, 1.165) is 23.0 Å². The zero-order valence-electron chi connectivity index (χ0n) is 10.1. The lowest BCUT2D eigenvalue weighted by atomic mass is 10.2. The molecule has 0 atom stereocenters. The van der Waals surface area contributed by atoms with Gasteiger partial charge >= 0.3 is 0 Å². The maximum Gasteiger partial charge on any atom is 0.151 e. The van der Waals surface area contributed by atoms with Crippen molar-refractivity contribution < 1.29 is 4.74 Å². The predicted molar refractivity (Wildman–Crippen MR) is 65.5 cm³/mol.